The molecule has 0 saturated heterocycles. The molecule has 5 heteroatoms. The number of nitrogens with zero attached hydrogens (tertiary/aromatic N) is 1. The minimum Gasteiger partial charge on any atom is -0.349 e. The summed E-state index contributed by atoms with van der Waals surface area (Å²) < 4.78 is 0. The van der Waals surface area contributed by atoms with Crippen molar-refractivity contribution in [3.63, 3.8) is 0 Å². The van der Waals surface area contributed by atoms with Crippen molar-refractivity contribution in [2.75, 3.05) is 0 Å². The molecule has 0 aromatic carbocycles. The summed E-state index contributed by atoms with van der Waals surface area (Å²) in [6, 6.07) is 0. The van der Waals surface area contributed by atoms with Crippen molar-refractivity contribution in [2.24, 2.45) is 5.92 Å². The first-order valence-electron chi connectivity index (χ1n) is 4.50. The Bertz CT molecular complexity index is 284. The van der Waals surface area contributed by atoms with Gasteiger partial charge in [-0.2, -0.15) is 0 Å². The van der Waals surface area contributed by atoms with E-state index in [9.17, 15) is 4.79 Å². The van der Waals surface area contributed by atoms with E-state index in [1.165, 1.54) is 0 Å². The second kappa shape index (κ2) is 5.14. The quantitative estimate of drug-likeness (QED) is 0.805. The number of hydrogen-bond acceptors (Lipinski definition) is 2. The Morgan fingerprint density at radius 3 is 2.93 bits per heavy atom. The van der Waals surface area contributed by atoms with E-state index in [1.807, 2.05) is 13.8 Å². The van der Waals surface area contributed by atoms with Crippen molar-refractivity contribution < 1.29 is 4.79 Å². The van der Waals surface area contributed by atoms with Gasteiger partial charge in [-0.1, -0.05) is 29.8 Å². The molecule has 0 spiro atoms. The first kappa shape index (κ1) is 11.2. The lowest BCUT2D eigenvalue weighted by Crippen LogP contribution is -2.33. The number of aromatic amines is 1. The number of nitrogens with one attached hydrogen (secondary N) is 2. The Hall–Kier alpha value is -0.840. The number of aromatic nitrogens is 2. The highest BCUT2D eigenvalue weighted by molar-refractivity contribution is 9.10. The van der Waals surface area contributed by atoms with Gasteiger partial charge < -0.3 is 10.3 Å². The summed E-state index contributed by atoms with van der Waals surface area (Å²) in [4.78, 5) is 18.1. The Labute approximate surface area is 91.6 Å². The molecule has 0 fully saturated rings. The maximum atomic E-state index is 11.5. The largest absolute Gasteiger partial charge is 0.349 e. The summed E-state index contributed by atoms with van der Waals surface area (Å²) in [6.07, 6.45) is 3.29. The van der Waals surface area contributed by atoms with Crippen LogP contribution >= 0.6 is 15.9 Å². The molecule has 0 saturated carbocycles. The third-order valence-electron chi connectivity index (χ3n) is 1.84. The van der Waals surface area contributed by atoms with E-state index in [0.29, 0.717) is 6.54 Å². The van der Waals surface area contributed by atoms with E-state index in [-0.39, 0.29) is 16.7 Å². The van der Waals surface area contributed by atoms with Crippen LogP contribution in [-0.4, -0.2) is 20.7 Å². The molecule has 0 bridgehead atoms. The van der Waals surface area contributed by atoms with Gasteiger partial charge in [-0.25, -0.2) is 4.98 Å². The Balaban J connectivity index is 2.35. The Morgan fingerprint density at radius 2 is 2.43 bits per heavy atom. The molecule has 1 aromatic heterocycles. The molecule has 1 heterocycles. The molecule has 0 aliphatic rings. The van der Waals surface area contributed by atoms with Gasteiger partial charge in [0.15, 0.2) is 0 Å². The normalized spacial score (nSPS) is 12.9. The lowest BCUT2D eigenvalue weighted by Gasteiger charge is -2.12. The summed E-state index contributed by atoms with van der Waals surface area (Å²) in [7, 11) is 0. The monoisotopic (exact) mass is 259 g/mol. The van der Waals surface area contributed by atoms with Gasteiger partial charge >= 0.3 is 0 Å². The summed E-state index contributed by atoms with van der Waals surface area (Å²) in [5.74, 6) is 0.298. The van der Waals surface area contributed by atoms with Crippen molar-refractivity contribution in [1.29, 1.82) is 0 Å². The molecule has 1 atom stereocenters. The first-order chi connectivity index (χ1) is 6.61. The molecule has 0 aliphatic carbocycles. The molecular formula is C9H14BrN3O. The first-order valence-corrected chi connectivity index (χ1v) is 5.42. The average molecular weight is 260 g/mol. The molecule has 78 valence electrons. The fraction of sp³-hybridized carbons (Fsp3) is 0.556. The van der Waals surface area contributed by atoms with Crippen molar-refractivity contribution in [2.45, 2.75) is 25.2 Å². The number of imidazole rings is 1. The minimum absolute atomic E-state index is 0.00889. The number of H-pyrrole nitrogens is 1. The minimum atomic E-state index is -0.134. The van der Waals surface area contributed by atoms with E-state index >= 15 is 0 Å². The fourth-order valence-electron chi connectivity index (χ4n) is 0.964. The lowest BCUT2D eigenvalue weighted by atomic mass is 10.1. The van der Waals surface area contributed by atoms with Crippen LogP contribution < -0.4 is 5.32 Å². The molecule has 1 rings (SSSR count). The van der Waals surface area contributed by atoms with Gasteiger partial charge in [0, 0.05) is 6.20 Å². The predicted molar refractivity (Wildman–Crippen MR) is 58.0 cm³/mol. The highest BCUT2D eigenvalue weighted by atomic mass is 79.9. The van der Waals surface area contributed by atoms with E-state index < -0.39 is 0 Å². The van der Waals surface area contributed by atoms with Crippen LogP contribution in [0.4, 0.5) is 0 Å². The van der Waals surface area contributed by atoms with Crippen LogP contribution in [0.3, 0.4) is 0 Å². The zero-order chi connectivity index (χ0) is 10.6. The van der Waals surface area contributed by atoms with Crippen LogP contribution in [0.1, 0.15) is 19.5 Å². The standard InChI is InChI=1S/C9H14BrN3O/c1-6(2)8(10)9(14)12-4-7-3-11-5-13-7/h3,5-6,8H,4H2,1-2H3,(H,11,13)(H,12,14). The number of carbonyl (C=O) groups excluding carboxylic acids is 1. The van der Waals surface area contributed by atoms with Crippen LogP contribution in [0, 0.1) is 5.92 Å². The molecule has 2 N–H and O–H groups in total. The van der Waals surface area contributed by atoms with Gasteiger partial charge in [0.25, 0.3) is 0 Å². The number of amides is 1. The predicted octanol–water partition coefficient (Wildman–Crippen LogP) is 1.45. The van der Waals surface area contributed by atoms with Crippen LogP contribution in [0.2, 0.25) is 0 Å². The molecule has 14 heavy (non-hydrogen) atoms. The van der Waals surface area contributed by atoms with E-state index in [0.717, 1.165) is 5.69 Å². The van der Waals surface area contributed by atoms with Gasteiger partial charge in [0.05, 0.1) is 23.4 Å². The van der Waals surface area contributed by atoms with Crippen molar-refractivity contribution >= 4 is 21.8 Å². The molecule has 0 aliphatic heterocycles. The second-order valence-electron chi connectivity index (χ2n) is 3.44. The molecule has 1 unspecified atom stereocenters. The van der Waals surface area contributed by atoms with Crippen LogP contribution in [0.25, 0.3) is 0 Å². The molecule has 0 radical (unpaired) electrons. The van der Waals surface area contributed by atoms with Crippen LogP contribution in [-0.2, 0) is 11.3 Å². The zero-order valence-corrected chi connectivity index (χ0v) is 9.84. The van der Waals surface area contributed by atoms with Gasteiger partial charge in [-0.15, -0.1) is 0 Å². The molecule has 4 nitrogen and oxygen atoms in total. The van der Waals surface area contributed by atoms with E-state index in [4.69, 9.17) is 0 Å². The maximum absolute atomic E-state index is 11.5. The number of rotatable bonds is 4. The van der Waals surface area contributed by atoms with Gasteiger partial charge in [-0.3, -0.25) is 4.79 Å². The van der Waals surface area contributed by atoms with Gasteiger partial charge in [0.1, 0.15) is 0 Å². The topological polar surface area (TPSA) is 57.8 Å². The number of halogens is 1. The highest BCUT2D eigenvalue weighted by Crippen LogP contribution is 2.11. The number of carbonyl (C=O) groups is 1. The molecular weight excluding hydrogens is 246 g/mol. The zero-order valence-electron chi connectivity index (χ0n) is 8.25. The summed E-state index contributed by atoms with van der Waals surface area (Å²) in [6.45, 7) is 4.48. The van der Waals surface area contributed by atoms with Gasteiger partial charge in [0.2, 0.25) is 5.91 Å². The van der Waals surface area contributed by atoms with Crippen molar-refractivity contribution in [3.8, 4) is 0 Å². The number of alkyl halides is 1. The second-order valence-corrected chi connectivity index (χ2v) is 4.43. The summed E-state index contributed by atoms with van der Waals surface area (Å²) >= 11 is 3.33. The molecule has 1 aromatic rings. The van der Waals surface area contributed by atoms with Gasteiger partial charge in [-0.05, 0) is 5.92 Å². The third-order valence-corrected chi connectivity index (χ3v) is 3.32. The fourth-order valence-corrected chi connectivity index (χ4v) is 1.13. The van der Waals surface area contributed by atoms with Crippen LogP contribution in [0.5, 0.6) is 0 Å². The average Bonchev–Trinajstić information content (AvgIpc) is 2.65. The SMILES string of the molecule is CC(C)C(Br)C(=O)NCc1cnc[nH]1. The third kappa shape index (κ3) is 3.14. The Kier molecular flexibility index (Phi) is 4.13. The summed E-state index contributed by atoms with van der Waals surface area (Å²) in [5, 5.41) is 2.81. The van der Waals surface area contributed by atoms with Crippen molar-refractivity contribution in [1.82, 2.24) is 15.3 Å². The maximum Gasteiger partial charge on any atom is 0.234 e. The van der Waals surface area contributed by atoms with E-state index in [1.54, 1.807) is 12.5 Å². The van der Waals surface area contributed by atoms with E-state index in [2.05, 4.69) is 31.2 Å². The molecule has 1 amide bonds. The van der Waals surface area contributed by atoms with Crippen molar-refractivity contribution in [3.05, 3.63) is 18.2 Å². The van der Waals surface area contributed by atoms with Crippen LogP contribution in [0.15, 0.2) is 12.5 Å². The smallest absolute Gasteiger partial charge is 0.234 e. The number of hydrogen-bond donors (Lipinski definition) is 2. The lowest BCUT2D eigenvalue weighted by molar-refractivity contribution is -0.121. The summed E-state index contributed by atoms with van der Waals surface area (Å²) in [5.41, 5.74) is 0.904. The highest BCUT2D eigenvalue weighted by Gasteiger charge is 2.17. The Morgan fingerprint density at radius 1 is 1.71 bits per heavy atom.